The Labute approximate surface area is 118 Å². The van der Waals surface area contributed by atoms with E-state index in [2.05, 4.69) is 26.8 Å². The van der Waals surface area contributed by atoms with Gasteiger partial charge in [-0.15, -0.1) is 0 Å². The van der Waals surface area contributed by atoms with Crippen LogP contribution in [0.2, 0.25) is 0 Å². The molecule has 0 bridgehead atoms. The normalized spacial score (nSPS) is 16.4. The first kappa shape index (κ1) is 12.8. The summed E-state index contributed by atoms with van der Waals surface area (Å²) in [7, 11) is 0. The van der Waals surface area contributed by atoms with Crippen molar-refractivity contribution in [1.29, 1.82) is 0 Å². The fourth-order valence-corrected chi connectivity index (χ4v) is 2.45. The van der Waals surface area contributed by atoms with E-state index in [1.165, 1.54) is 12.8 Å². The number of rotatable bonds is 2. The fourth-order valence-electron chi connectivity index (χ4n) is 2.45. The van der Waals surface area contributed by atoms with Crippen LogP contribution in [-0.4, -0.2) is 28.0 Å². The molecule has 1 aromatic heterocycles. The highest BCUT2D eigenvalue weighted by atomic mass is 15.3. The average Bonchev–Trinajstić information content (AvgIpc) is 2.48. The van der Waals surface area contributed by atoms with Gasteiger partial charge in [-0.1, -0.05) is 37.3 Å². The van der Waals surface area contributed by atoms with Gasteiger partial charge in [-0.25, -0.2) is 0 Å². The topological polar surface area (TPSA) is 67.9 Å². The van der Waals surface area contributed by atoms with Crippen LogP contribution in [0.3, 0.4) is 0 Å². The third-order valence-corrected chi connectivity index (χ3v) is 3.74. The van der Waals surface area contributed by atoms with Crippen molar-refractivity contribution in [1.82, 2.24) is 15.0 Å². The molecular weight excluding hydrogens is 250 g/mol. The van der Waals surface area contributed by atoms with Crippen molar-refractivity contribution in [3.8, 4) is 11.4 Å². The monoisotopic (exact) mass is 269 g/mol. The molecule has 1 fully saturated rings. The van der Waals surface area contributed by atoms with Crippen LogP contribution < -0.4 is 10.6 Å². The van der Waals surface area contributed by atoms with Crippen LogP contribution in [0.4, 0.5) is 11.9 Å². The number of anilines is 2. The molecule has 0 radical (unpaired) electrons. The van der Waals surface area contributed by atoms with E-state index >= 15 is 0 Å². The van der Waals surface area contributed by atoms with Crippen molar-refractivity contribution in [3.05, 3.63) is 30.3 Å². The number of hydrogen-bond donors (Lipinski definition) is 1. The lowest BCUT2D eigenvalue weighted by atomic mass is 10.00. The van der Waals surface area contributed by atoms with E-state index < -0.39 is 0 Å². The Balaban J connectivity index is 1.91. The Morgan fingerprint density at radius 1 is 1.05 bits per heavy atom. The molecule has 2 aromatic rings. The highest BCUT2D eigenvalue weighted by molar-refractivity contribution is 5.57. The standard InChI is InChI=1S/C15H19N5/c1-11-7-9-20(10-8-11)15-18-13(17-14(16)19-15)12-5-3-2-4-6-12/h2-6,11H,7-10H2,1H3,(H2,16,17,18,19). The van der Waals surface area contributed by atoms with Crippen LogP contribution in [0.1, 0.15) is 19.8 Å². The highest BCUT2D eigenvalue weighted by Crippen LogP contribution is 2.22. The molecule has 104 valence electrons. The fraction of sp³-hybridized carbons (Fsp3) is 0.400. The number of hydrogen-bond acceptors (Lipinski definition) is 5. The highest BCUT2D eigenvalue weighted by Gasteiger charge is 2.19. The lowest BCUT2D eigenvalue weighted by Crippen LogP contribution is -2.34. The molecule has 0 spiro atoms. The van der Waals surface area contributed by atoms with Crippen molar-refractivity contribution in [3.63, 3.8) is 0 Å². The SMILES string of the molecule is CC1CCN(c2nc(N)nc(-c3ccccc3)n2)CC1. The minimum absolute atomic E-state index is 0.285. The van der Waals surface area contributed by atoms with Gasteiger partial charge < -0.3 is 10.6 Å². The van der Waals surface area contributed by atoms with Crippen molar-refractivity contribution >= 4 is 11.9 Å². The molecule has 1 aromatic carbocycles. The minimum Gasteiger partial charge on any atom is -0.368 e. The smallest absolute Gasteiger partial charge is 0.230 e. The van der Waals surface area contributed by atoms with Crippen LogP contribution in [0.5, 0.6) is 0 Å². The molecule has 20 heavy (non-hydrogen) atoms. The summed E-state index contributed by atoms with van der Waals surface area (Å²) in [4.78, 5) is 15.3. The molecule has 2 heterocycles. The Kier molecular flexibility index (Phi) is 3.50. The lowest BCUT2D eigenvalue weighted by molar-refractivity contribution is 0.434. The quantitative estimate of drug-likeness (QED) is 0.906. The van der Waals surface area contributed by atoms with Crippen molar-refractivity contribution < 1.29 is 0 Å². The van der Waals surface area contributed by atoms with Crippen molar-refractivity contribution in [2.75, 3.05) is 23.7 Å². The van der Waals surface area contributed by atoms with Gasteiger partial charge in [0.2, 0.25) is 11.9 Å². The molecule has 0 saturated carbocycles. The molecule has 5 nitrogen and oxygen atoms in total. The third kappa shape index (κ3) is 2.71. The molecular formula is C15H19N5. The largest absolute Gasteiger partial charge is 0.368 e. The van der Waals surface area contributed by atoms with Crippen LogP contribution in [0.15, 0.2) is 30.3 Å². The summed E-state index contributed by atoms with van der Waals surface area (Å²) < 4.78 is 0. The maximum atomic E-state index is 5.84. The Morgan fingerprint density at radius 3 is 2.45 bits per heavy atom. The number of piperidine rings is 1. The summed E-state index contributed by atoms with van der Waals surface area (Å²) in [5, 5.41) is 0. The number of nitrogen functional groups attached to an aromatic ring is 1. The molecule has 0 aliphatic carbocycles. The van der Waals surface area contributed by atoms with Gasteiger partial charge in [0, 0.05) is 18.7 Å². The predicted octanol–water partition coefficient (Wildman–Crippen LogP) is 2.36. The maximum absolute atomic E-state index is 5.84. The van der Waals surface area contributed by atoms with Crippen molar-refractivity contribution in [2.24, 2.45) is 5.92 Å². The number of aromatic nitrogens is 3. The number of nitrogens with two attached hydrogens (primary N) is 1. The summed E-state index contributed by atoms with van der Waals surface area (Å²) in [6.07, 6.45) is 2.35. The molecule has 2 N–H and O–H groups in total. The van der Waals surface area contributed by atoms with E-state index in [-0.39, 0.29) is 5.95 Å². The van der Waals surface area contributed by atoms with Crippen LogP contribution >= 0.6 is 0 Å². The van der Waals surface area contributed by atoms with E-state index in [9.17, 15) is 0 Å². The van der Waals surface area contributed by atoms with Gasteiger partial charge in [0.15, 0.2) is 5.82 Å². The van der Waals surface area contributed by atoms with E-state index in [4.69, 9.17) is 5.73 Å². The van der Waals surface area contributed by atoms with Crippen LogP contribution in [0.25, 0.3) is 11.4 Å². The molecule has 1 aliphatic rings. The minimum atomic E-state index is 0.285. The maximum Gasteiger partial charge on any atom is 0.230 e. The Bertz CT molecular complexity index is 576. The zero-order valence-electron chi connectivity index (χ0n) is 11.7. The molecule has 1 aliphatic heterocycles. The van der Waals surface area contributed by atoms with Gasteiger partial charge in [-0.2, -0.15) is 15.0 Å². The molecule has 5 heteroatoms. The Hall–Kier alpha value is -2.17. The third-order valence-electron chi connectivity index (χ3n) is 3.74. The van der Waals surface area contributed by atoms with E-state index in [0.717, 1.165) is 24.6 Å². The Morgan fingerprint density at radius 2 is 1.75 bits per heavy atom. The summed E-state index contributed by atoms with van der Waals surface area (Å²) in [5.74, 6) is 2.40. The van der Waals surface area contributed by atoms with Gasteiger partial charge in [0.1, 0.15) is 0 Å². The molecule has 0 unspecified atom stereocenters. The molecule has 0 amide bonds. The number of nitrogens with zero attached hydrogens (tertiary/aromatic N) is 4. The van der Waals surface area contributed by atoms with E-state index in [0.29, 0.717) is 11.8 Å². The van der Waals surface area contributed by atoms with Gasteiger partial charge in [-0.3, -0.25) is 0 Å². The lowest BCUT2D eigenvalue weighted by Gasteiger charge is -2.30. The van der Waals surface area contributed by atoms with Gasteiger partial charge in [0.25, 0.3) is 0 Å². The van der Waals surface area contributed by atoms with Crippen LogP contribution in [0, 0.1) is 5.92 Å². The summed E-state index contributed by atoms with van der Waals surface area (Å²) in [6, 6.07) is 9.88. The van der Waals surface area contributed by atoms with E-state index in [1.54, 1.807) is 0 Å². The molecule has 3 rings (SSSR count). The summed E-state index contributed by atoms with van der Waals surface area (Å²) in [5.41, 5.74) is 6.81. The first-order chi connectivity index (χ1) is 9.72. The van der Waals surface area contributed by atoms with Crippen LogP contribution in [-0.2, 0) is 0 Å². The van der Waals surface area contributed by atoms with Gasteiger partial charge >= 0.3 is 0 Å². The zero-order chi connectivity index (χ0) is 13.9. The molecule has 1 saturated heterocycles. The second-order valence-corrected chi connectivity index (χ2v) is 5.35. The summed E-state index contributed by atoms with van der Waals surface area (Å²) in [6.45, 7) is 4.26. The molecule has 0 atom stereocenters. The second-order valence-electron chi connectivity index (χ2n) is 5.35. The number of benzene rings is 1. The van der Waals surface area contributed by atoms with Gasteiger partial charge in [0.05, 0.1) is 0 Å². The zero-order valence-corrected chi connectivity index (χ0v) is 11.7. The second kappa shape index (κ2) is 5.45. The first-order valence-corrected chi connectivity index (χ1v) is 7.04. The average molecular weight is 269 g/mol. The van der Waals surface area contributed by atoms with E-state index in [1.807, 2.05) is 30.3 Å². The van der Waals surface area contributed by atoms with Gasteiger partial charge in [-0.05, 0) is 18.8 Å². The van der Waals surface area contributed by atoms with Crippen molar-refractivity contribution in [2.45, 2.75) is 19.8 Å². The summed E-state index contributed by atoms with van der Waals surface area (Å²) >= 11 is 0. The predicted molar refractivity (Wildman–Crippen MR) is 80.3 cm³/mol. The first-order valence-electron chi connectivity index (χ1n) is 7.04.